The smallest absolute Gasteiger partial charge is 0.220 e. The van der Waals surface area contributed by atoms with Gasteiger partial charge in [0.15, 0.2) is 5.78 Å². The summed E-state index contributed by atoms with van der Waals surface area (Å²) in [6, 6.07) is -0.835. The predicted octanol–water partition coefficient (Wildman–Crippen LogP) is 1.29. The Morgan fingerprint density at radius 1 is 0.765 bits per heavy atom. The van der Waals surface area contributed by atoms with Crippen LogP contribution in [0.4, 0.5) is 0 Å². The number of rotatable bonds is 19. The lowest BCUT2D eigenvalue weighted by molar-refractivity contribution is -0.130. The standard InChI is InChI=1S/C24H42N4O6/c1-5-17(29)9-10-18(28-21(32)6-2)19(30)16-24(13-7-8-20(25)31,14-11-22(33)26-3)15-12-23(34)27-4/h18H,5-16H2,1-4H3,(H2,25,31)(H,26,33)(H,27,34)(H,28,32)/t18-/m0/s1. The second-order valence-electron chi connectivity index (χ2n) is 8.71. The summed E-state index contributed by atoms with van der Waals surface area (Å²) < 4.78 is 0. The number of hydrogen-bond donors (Lipinski definition) is 4. The second-order valence-corrected chi connectivity index (χ2v) is 8.71. The maximum Gasteiger partial charge on any atom is 0.220 e. The maximum absolute atomic E-state index is 13.4. The molecule has 1 atom stereocenters. The molecular formula is C24H42N4O6. The zero-order valence-corrected chi connectivity index (χ0v) is 21.1. The Kier molecular flexibility index (Phi) is 15.4. The lowest BCUT2D eigenvalue weighted by Crippen LogP contribution is -2.43. The Hall–Kier alpha value is -2.78. The fraction of sp³-hybridized carbons (Fsp3) is 0.750. The molecule has 0 aromatic heterocycles. The number of primary amides is 1. The van der Waals surface area contributed by atoms with Crippen molar-refractivity contribution in [2.24, 2.45) is 11.1 Å². The highest BCUT2D eigenvalue weighted by molar-refractivity contribution is 5.90. The van der Waals surface area contributed by atoms with Crippen molar-refractivity contribution in [1.82, 2.24) is 16.0 Å². The van der Waals surface area contributed by atoms with Gasteiger partial charge in [-0.3, -0.25) is 28.8 Å². The van der Waals surface area contributed by atoms with Crippen LogP contribution in [0.2, 0.25) is 0 Å². The average molecular weight is 483 g/mol. The molecule has 0 heterocycles. The lowest BCUT2D eigenvalue weighted by atomic mass is 9.70. The van der Waals surface area contributed by atoms with E-state index in [1.54, 1.807) is 13.8 Å². The minimum atomic E-state index is -0.835. The van der Waals surface area contributed by atoms with E-state index >= 15 is 0 Å². The van der Waals surface area contributed by atoms with E-state index in [1.165, 1.54) is 14.1 Å². The van der Waals surface area contributed by atoms with E-state index in [0.717, 1.165) is 0 Å². The van der Waals surface area contributed by atoms with E-state index in [2.05, 4.69) is 16.0 Å². The molecule has 10 nitrogen and oxygen atoms in total. The van der Waals surface area contributed by atoms with Crippen LogP contribution in [0.15, 0.2) is 0 Å². The van der Waals surface area contributed by atoms with Crippen LogP contribution >= 0.6 is 0 Å². The van der Waals surface area contributed by atoms with Crippen molar-refractivity contribution in [3.63, 3.8) is 0 Å². The van der Waals surface area contributed by atoms with Gasteiger partial charge in [-0.25, -0.2) is 0 Å². The van der Waals surface area contributed by atoms with Crippen LogP contribution in [-0.4, -0.2) is 55.3 Å². The number of amides is 4. The second kappa shape index (κ2) is 16.8. The number of Topliss-reactive ketones (excluding diaryl/α,β-unsaturated/α-hetero) is 2. The fourth-order valence-electron chi connectivity index (χ4n) is 3.87. The van der Waals surface area contributed by atoms with Crippen molar-refractivity contribution in [3.8, 4) is 0 Å². The van der Waals surface area contributed by atoms with Gasteiger partial charge in [-0.2, -0.15) is 0 Å². The molecule has 0 aromatic rings. The molecule has 34 heavy (non-hydrogen) atoms. The van der Waals surface area contributed by atoms with Crippen molar-refractivity contribution in [3.05, 3.63) is 0 Å². The van der Waals surface area contributed by atoms with Crippen LogP contribution in [0, 0.1) is 5.41 Å². The van der Waals surface area contributed by atoms with Crippen LogP contribution in [0.3, 0.4) is 0 Å². The van der Waals surface area contributed by atoms with E-state index in [1.807, 2.05) is 0 Å². The van der Waals surface area contributed by atoms with Crippen LogP contribution in [0.5, 0.6) is 0 Å². The number of carbonyl (C=O) groups is 6. The van der Waals surface area contributed by atoms with Crippen molar-refractivity contribution < 1.29 is 28.8 Å². The largest absolute Gasteiger partial charge is 0.370 e. The highest BCUT2D eigenvalue weighted by Gasteiger charge is 2.36. The number of hydrogen-bond acceptors (Lipinski definition) is 6. The molecule has 0 unspecified atom stereocenters. The molecule has 5 N–H and O–H groups in total. The van der Waals surface area contributed by atoms with E-state index < -0.39 is 17.4 Å². The molecule has 0 fully saturated rings. The van der Waals surface area contributed by atoms with Crippen molar-refractivity contribution >= 4 is 35.2 Å². The van der Waals surface area contributed by atoms with Gasteiger partial charge in [0.2, 0.25) is 23.6 Å². The molecule has 0 aliphatic carbocycles. The molecule has 0 spiro atoms. The number of carbonyl (C=O) groups excluding carboxylic acids is 6. The molecular weight excluding hydrogens is 440 g/mol. The Morgan fingerprint density at radius 2 is 1.32 bits per heavy atom. The first-order valence-corrected chi connectivity index (χ1v) is 12.1. The molecule has 0 aliphatic heterocycles. The minimum Gasteiger partial charge on any atom is -0.370 e. The number of nitrogens with two attached hydrogens (primary N) is 1. The van der Waals surface area contributed by atoms with Gasteiger partial charge in [-0.15, -0.1) is 0 Å². The Bertz CT molecular complexity index is 702. The molecule has 194 valence electrons. The zero-order chi connectivity index (χ0) is 26.1. The van der Waals surface area contributed by atoms with Crippen LogP contribution in [0.1, 0.15) is 90.9 Å². The Morgan fingerprint density at radius 3 is 1.76 bits per heavy atom. The first-order chi connectivity index (χ1) is 16.0. The minimum absolute atomic E-state index is 0.00416. The molecule has 10 heteroatoms. The van der Waals surface area contributed by atoms with Gasteiger partial charge in [-0.1, -0.05) is 13.8 Å². The monoisotopic (exact) mass is 482 g/mol. The summed E-state index contributed by atoms with van der Waals surface area (Å²) in [7, 11) is 3.04. The molecule has 4 amide bonds. The highest BCUT2D eigenvalue weighted by Crippen LogP contribution is 2.40. The molecule has 0 bridgehead atoms. The Labute approximate surface area is 202 Å². The first-order valence-electron chi connectivity index (χ1n) is 12.1. The van der Waals surface area contributed by atoms with Gasteiger partial charge in [0, 0.05) is 59.0 Å². The maximum atomic E-state index is 13.4. The van der Waals surface area contributed by atoms with E-state index in [-0.39, 0.29) is 74.2 Å². The quantitative estimate of drug-likeness (QED) is 0.217. The summed E-state index contributed by atoms with van der Waals surface area (Å²) in [5.41, 5.74) is 4.56. The lowest BCUT2D eigenvalue weighted by Gasteiger charge is -2.35. The summed E-state index contributed by atoms with van der Waals surface area (Å²) in [6.07, 6.45) is 2.81. The molecule has 0 saturated heterocycles. The summed E-state index contributed by atoms with van der Waals surface area (Å²) in [4.78, 5) is 72.7. The van der Waals surface area contributed by atoms with Gasteiger partial charge in [0.25, 0.3) is 0 Å². The SMILES string of the molecule is CCC(=O)CC[C@H](NC(=O)CC)C(=O)CC(CCCC(N)=O)(CCC(=O)NC)CCC(=O)NC. The third-order valence-electron chi connectivity index (χ3n) is 6.15. The van der Waals surface area contributed by atoms with E-state index in [4.69, 9.17) is 5.73 Å². The Balaban J connectivity index is 5.90. The third kappa shape index (κ3) is 13.1. The molecule has 0 aromatic carbocycles. The molecule has 0 radical (unpaired) electrons. The van der Waals surface area contributed by atoms with Gasteiger partial charge in [0.1, 0.15) is 5.78 Å². The number of ketones is 2. The van der Waals surface area contributed by atoms with Gasteiger partial charge in [0.05, 0.1) is 6.04 Å². The van der Waals surface area contributed by atoms with Gasteiger partial charge < -0.3 is 21.7 Å². The average Bonchev–Trinajstić information content (AvgIpc) is 2.82. The molecule has 0 saturated carbocycles. The molecule has 0 rings (SSSR count). The third-order valence-corrected chi connectivity index (χ3v) is 6.15. The van der Waals surface area contributed by atoms with Crippen LogP contribution in [-0.2, 0) is 28.8 Å². The van der Waals surface area contributed by atoms with E-state index in [9.17, 15) is 28.8 Å². The molecule has 0 aliphatic rings. The highest BCUT2D eigenvalue weighted by atomic mass is 16.2. The van der Waals surface area contributed by atoms with Crippen molar-refractivity contribution in [1.29, 1.82) is 0 Å². The summed E-state index contributed by atoms with van der Waals surface area (Å²) in [5.74, 6) is -1.41. The first kappa shape index (κ1) is 31.2. The summed E-state index contributed by atoms with van der Waals surface area (Å²) in [6.45, 7) is 3.42. The predicted molar refractivity (Wildman–Crippen MR) is 128 cm³/mol. The number of nitrogens with one attached hydrogen (secondary N) is 3. The van der Waals surface area contributed by atoms with Crippen molar-refractivity contribution in [2.45, 2.75) is 96.9 Å². The summed E-state index contributed by atoms with van der Waals surface area (Å²) in [5, 5.41) is 7.85. The summed E-state index contributed by atoms with van der Waals surface area (Å²) >= 11 is 0. The van der Waals surface area contributed by atoms with E-state index in [0.29, 0.717) is 32.1 Å². The topological polar surface area (TPSA) is 165 Å². The normalized spacial score (nSPS) is 11.9. The van der Waals surface area contributed by atoms with Gasteiger partial charge >= 0.3 is 0 Å². The zero-order valence-electron chi connectivity index (χ0n) is 21.1. The van der Waals surface area contributed by atoms with Crippen LogP contribution < -0.4 is 21.7 Å². The fourth-order valence-corrected chi connectivity index (χ4v) is 3.87. The van der Waals surface area contributed by atoms with Gasteiger partial charge in [-0.05, 0) is 37.5 Å². The van der Waals surface area contributed by atoms with Crippen LogP contribution in [0.25, 0.3) is 0 Å². The van der Waals surface area contributed by atoms with Crippen molar-refractivity contribution in [2.75, 3.05) is 14.1 Å².